The van der Waals surface area contributed by atoms with Crippen LogP contribution in [0.5, 0.6) is 0 Å². The quantitative estimate of drug-likeness (QED) is 0.758. The molecule has 13 heavy (non-hydrogen) atoms. The molecule has 0 aliphatic rings. The summed E-state index contributed by atoms with van der Waals surface area (Å²) in [7, 11) is 9.40. The minimum atomic E-state index is -1.16. The third kappa shape index (κ3) is 24.5. The van der Waals surface area contributed by atoms with Gasteiger partial charge in [0.15, 0.2) is 0 Å². The van der Waals surface area contributed by atoms with Crippen LogP contribution in [0.15, 0.2) is 0 Å². The van der Waals surface area contributed by atoms with Crippen molar-refractivity contribution < 1.29 is 32.8 Å². The average Bonchev–Trinajstić information content (AvgIpc) is 2.01. The van der Waals surface area contributed by atoms with E-state index in [4.69, 9.17) is 31.2 Å². The standard InChI is InChI=1S/C4H7N2O3.2ClH.Ni.H2O/c5-1-3(7)6-2-4(8)9;;;;/h5H,1-2H2,(H2,6,7,8,9);2*1H;;1H2/q-1;;;+4;/p-3. The number of carbonyl (C=O) groups is 2. The van der Waals surface area contributed by atoms with Crippen LogP contribution in [0.2, 0.25) is 0 Å². The molecule has 0 saturated carbocycles. The van der Waals surface area contributed by atoms with Crippen LogP contribution < -0.4 is 0 Å². The van der Waals surface area contributed by atoms with Gasteiger partial charge in [-0.05, 0) is 6.54 Å². The van der Waals surface area contributed by atoms with Crippen molar-refractivity contribution in [1.29, 1.82) is 0 Å². The fourth-order valence-corrected chi connectivity index (χ4v) is 0.212. The summed E-state index contributed by atoms with van der Waals surface area (Å²) in [5, 5.41) is 11.0. The van der Waals surface area contributed by atoms with E-state index in [1.165, 1.54) is 0 Å². The van der Waals surface area contributed by atoms with Crippen molar-refractivity contribution in [2.24, 2.45) is 0 Å². The Morgan fingerprint density at radius 2 is 1.85 bits per heavy atom. The Morgan fingerprint density at radius 3 is 2.08 bits per heavy atom. The van der Waals surface area contributed by atoms with Crippen molar-refractivity contribution in [2.75, 3.05) is 13.1 Å². The molecule has 82 valence electrons. The monoisotopic (exact) mass is 276 g/mol. The summed E-state index contributed by atoms with van der Waals surface area (Å²) >= 11 is 0.569. The summed E-state index contributed by atoms with van der Waals surface area (Å²) in [5.41, 5.74) is 6.42. The van der Waals surface area contributed by atoms with Crippen LogP contribution in [-0.4, -0.2) is 35.5 Å². The Morgan fingerprint density at radius 1 is 1.46 bits per heavy atom. The Kier molecular flexibility index (Phi) is 20.8. The molecule has 0 aromatic rings. The first-order chi connectivity index (χ1) is 5.58. The number of carboxylic acids is 1. The molecule has 0 aromatic carbocycles. The van der Waals surface area contributed by atoms with Crippen molar-refractivity contribution in [3.05, 3.63) is 11.1 Å². The number of hydrogen-bond acceptors (Lipinski definition) is 2. The number of amides is 1. The van der Waals surface area contributed by atoms with Crippen molar-refractivity contribution in [1.82, 2.24) is 0 Å². The molecule has 0 aliphatic heterocycles. The molecule has 0 saturated heterocycles. The van der Waals surface area contributed by atoms with Gasteiger partial charge in [-0.2, -0.15) is 0 Å². The van der Waals surface area contributed by atoms with E-state index in [1.54, 1.807) is 0 Å². The number of rotatable bonds is 3. The van der Waals surface area contributed by atoms with Gasteiger partial charge in [-0.25, -0.2) is 0 Å². The molecule has 0 fully saturated rings. The van der Waals surface area contributed by atoms with Gasteiger partial charge in [0.05, 0.1) is 0 Å². The fraction of sp³-hybridized carbons (Fsp3) is 0.500. The summed E-state index contributed by atoms with van der Waals surface area (Å²) < 4.78 is 0. The van der Waals surface area contributed by atoms with Crippen molar-refractivity contribution in [2.45, 2.75) is 0 Å². The molecular weight excluding hydrogens is 270 g/mol. The van der Waals surface area contributed by atoms with Crippen LogP contribution in [0, 0.1) is 0 Å². The van der Waals surface area contributed by atoms with E-state index in [1.807, 2.05) is 0 Å². The maximum Gasteiger partial charge on any atom is 0.285 e. The number of carbonyl (C=O) groups excluding carboxylic acids is 1. The van der Waals surface area contributed by atoms with Crippen LogP contribution in [0.3, 0.4) is 0 Å². The summed E-state index contributed by atoms with van der Waals surface area (Å²) in [6.07, 6.45) is 0. The maximum atomic E-state index is 10.1. The zero-order chi connectivity index (χ0) is 9.98. The van der Waals surface area contributed by atoms with Crippen LogP contribution >= 0.6 is 20.4 Å². The van der Waals surface area contributed by atoms with Crippen molar-refractivity contribution >= 4 is 32.3 Å². The zero-order valence-corrected chi connectivity index (χ0v) is 8.70. The number of carboxylic acid groups (broad SMARTS) is 1. The molecule has 6 nitrogen and oxygen atoms in total. The van der Waals surface area contributed by atoms with Crippen molar-refractivity contribution in [3.63, 3.8) is 0 Å². The summed E-state index contributed by atoms with van der Waals surface area (Å²) in [5.74, 6) is -1.85. The number of halogens is 2. The zero-order valence-electron chi connectivity index (χ0n) is 6.20. The van der Waals surface area contributed by atoms with Gasteiger partial charge in [-0.3, -0.25) is 4.79 Å². The Bertz CT molecular complexity index is 148. The Labute approximate surface area is 89.4 Å². The second-order valence-electron chi connectivity index (χ2n) is 1.33. The maximum absolute atomic E-state index is 10.1. The van der Waals surface area contributed by atoms with E-state index >= 15 is 0 Å². The normalized spacial score (nSPS) is 7.62. The van der Waals surface area contributed by atoms with E-state index in [0.29, 0.717) is 12.7 Å². The molecular formula is C4H8Cl2N2NiO4. The second-order valence-corrected chi connectivity index (χ2v) is 2.96. The average molecular weight is 278 g/mol. The van der Waals surface area contributed by atoms with E-state index in [9.17, 15) is 9.59 Å². The van der Waals surface area contributed by atoms with Gasteiger partial charge in [0.2, 0.25) is 0 Å². The summed E-state index contributed by atoms with van der Waals surface area (Å²) in [6, 6.07) is 0. The van der Waals surface area contributed by atoms with Gasteiger partial charge in [-0.1, -0.05) is 0 Å². The summed E-state index contributed by atoms with van der Waals surface area (Å²) in [6.45, 7) is -1.01. The van der Waals surface area contributed by atoms with Crippen LogP contribution in [0.25, 0.3) is 11.1 Å². The number of nitrogens with one attached hydrogen (secondary N) is 1. The first kappa shape index (κ1) is 18.7. The number of nitrogens with zero attached hydrogens (tertiary/aromatic N) is 1. The third-order valence-corrected chi connectivity index (χ3v) is 0.542. The first-order valence-corrected chi connectivity index (χ1v) is 5.19. The molecule has 0 atom stereocenters. The molecule has 0 unspecified atom stereocenters. The largest absolute Gasteiger partial charge is 0.673 e. The molecule has 0 aliphatic carbocycles. The third-order valence-electron chi connectivity index (χ3n) is 0.542. The molecule has 9 heteroatoms. The molecule has 1 amide bonds. The molecule has 0 aromatic heterocycles. The van der Waals surface area contributed by atoms with Gasteiger partial charge < -0.3 is 26.4 Å². The molecule has 0 rings (SSSR count). The van der Waals surface area contributed by atoms with Gasteiger partial charge in [0.25, 0.3) is 5.97 Å². The second kappa shape index (κ2) is 14.5. The topological polar surface area (TPSA) is 124 Å². The van der Waals surface area contributed by atoms with Gasteiger partial charge in [0.1, 0.15) is 0 Å². The van der Waals surface area contributed by atoms with E-state index < -0.39 is 25.0 Å². The SMILES string of the molecule is O.[Cl][Ni+2][Cl].[NH-]CC(=O)[N-]CC(=O)O. The minimum absolute atomic E-state index is 0. The predicted molar refractivity (Wildman–Crippen MR) is 45.4 cm³/mol. The Balaban J connectivity index is -0.000000220. The van der Waals surface area contributed by atoms with Gasteiger partial charge >= 0.3 is 33.0 Å². The predicted octanol–water partition coefficient (Wildman–Crippen LogP) is 0.575. The fourth-order valence-electron chi connectivity index (χ4n) is 0.212. The smallest absolute Gasteiger partial charge is 0.285 e. The molecule has 0 heterocycles. The van der Waals surface area contributed by atoms with Crippen LogP contribution in [0.4, 0.5) is 0 Å². The van der Waals surface area contributed by atoms with E-state index in [0.717, 1.165) is 0 Å². The first-order valence-electron chi connectivity index (χ1n) is 2.47. The van der Waals surface area contributed by atoms with Crippen molar-refractivity contribution in [3.8, 4) is 0 Å². The summed E-state index contributed by atoms with van der Waals surface area (Å²) in [4.78, 5) is 19.8. The van der Waals surface area contributed by atoms with Crippen LogP contribution in [0.1, 0.15) is 0 Å². The van der Waals surface area contributed by atoms with E-state index in [2.05, 4.69) is 5.32 Å². The van der Waals surface area contributed by atoms with Gasteiger partial charge in [-0.15, -0.1) is 6.54 Å². The molecule has 4 N–H and O–H groups in total. The van der Waals surface area contributed by atoms with Crippen LogP contribution in [-0.2, 0) is 22.2 Å². The van der Waals surface area contributed by atoms with Gasteiger partial charge in [0, 0.05) is 5.91 Å². The number of aliphatic carboxylic acids is 1. The minimum Gasteiger partial charge on any atom is -0.673 e. The molecule has 0 spiro atoms. The van der Waals surface area contributed by atoms with E-state index in [-0.39, 0.29) is 5.48 Å². The molecule has 0 bridgehead atoms. The molecule has 0 radical (unpaired) electrons. The number of hydrogen-bond donors (Lipinski definition) is 1. The Hall–Kier alpha value is -0.0665.